The largest absolute Gasteiger partial charge is 0.378 e. The highest BCUT2D eigenvalue weighted by Gasteiger charge is 2.47. The van der Waals surface area contributed by atoms with Gasteiger partial charge in [-0.1, -0.05) is 12.8 Å². The van der Waals surface area contributed by atoms with Crippen molar-refractivity contribution in [3.63, 3.8) is 0 Å². The van der Waals surface area contributed by atoms with Crippen LogP contribution in [0, 0.1) is 11.3 Å². The van der Waals surface area contributed by atoms with Gasteiger partial charge in [0.25, 0.3) is 0 Å². The molecule has 4 rings (SSSR count). The first-order valence-electron chi connectivity index (χ1n) is 9.76. The topological polar surface area (TPSA) is 55.8 Å². The number of rotatable bonds is 6. The van der Waals surface area contributed by atoms with E-state index in [9.17, 15) is 8.42 Å². The molecule has 6 heteroatoms. The van der Waals surface area contributed by atoms with E-state index in [1.807, 2.05) is 0 Å². The summed E-state index contributed by atoms with van der Waals surface area (Å²) in [4.78, 5) is 0. The highest BCUT2D eigenvalue weighted by molar-refractivity contribution is 7.90. The lowest BCUT2D eigenvalue weighted by Gasteiger charge is -2.37. The Morgan fingerprint density at radius 2 is 1.75 bits per heavy atom. The van der Waals surface area contributed by atoms with Gasteiger partial charge in [0, 0.05) is 19.7 Å². The fourth-order valence-corrected chi connectivity index (χ4v) is 6.53. The Morgan fingerprint density at radius 3 is 2.42 bits per heavy atom. The van der Waals surface area contributed by atoms with Crippen molar-refractivity contribution in [2.24, 2.45) is 11.3 Å². The lowest BCUT2D eigenvalue weighted by Crippen LogP contribution is -2.44. The normalized spacial score (nSPS) is 31.9. The molecule has 138 valence electrons. The standard InChI is InChI=1S/C18H31NO4S/c20-24(21,17-5-6-17)19-9-7-18(8-10-19)11-16(23-14-18)13-22-12-15-3-1-2-4-15/h15-17H,1-14H2/t16-/m0/s1. The van der Waals surface area contributed by atoms with Crippen LogP contribution in [0.4, 0.5) is 0 Å². The summed E-state index contributed by atoms with van der Waals surface area (Å²) in [6.07, 6.45) is 10.2. The predicted molar refractivity (Wildman–Crippen MR) is 92.3 cm³/mol. The third kappa shape index (κ3) is 3.67. The van der Waals surface area contributed by atoms with Crippen molar-refractivity contribution in [2.75, 3.05) is 32.9 Å². The molecule has 0 bridgehead atoms. The van der Waals surface area contributed by atoms with Gasteiger partial charge in [0.1, 0.15) is 0 Å². The van der Waals surface area contributed by atoms with E-state index < -0.39 is 10.0 Å². The second kappa shape index (κ2) is 6.86. The van der Waals surface area contributed by atoms with Gasteiger partial charge in [0.15, 0.2) is 0 Å². The van der Waals surface area contributed by atoms with E-state index >= 15 is 0 Å². The zero-order chi connectivity index (χ0) is 16.6. The second-order valence-electron chi connectivity index (χ2n) is 8.47. The lowest BCUT2D eigenvalue weighted by atomic mass is 9.77. The maximum Gasteiger partial charge on any atom is 0.216 e. The Kier molecular flexibility index (Phi) is 4.93. The smallest absolute Gasteiger partial charge is 0.216 e. The third-order valence-corrected chi connectivity index (χ3v) is 8.91. The van der Waals surface area contributed by atoms with Crippen LogP contribution in [0.5, 0.6) is 0 Å². The second-order valence-corrected chi connectivity index (χ2v) is 10.7. The minimum absolute atomic E-state index is 0.0805. The van der Waals surface area contributed by atoms with E-state index in [-0.39, 0.29) is 16.8 Å². The molecule has 2 saturated heterocycles. The minimum atomic E-state index is -3.00. The van der Waals surface area contributed by atoms with Crippen LogP contribution >= 0.6 is 0 Å². The maximum atomic E-state index is 12.4. The van der Waals surface area contributed by atoms with Gasteiger partial charge in [-0.15, -0.1) is 0 Å². The van der Waals surface area contributed by atoms with Crippen molar-refractivity contribution < 1.29 is 17.9 Å². The third-order valence-electron chi connectivity index (χ3n) is 6.51. The molecule has 4 aliphatic rings. The van der Waals surface area contributed by atoms with E-state index in [4.69, 9.17) is 9.47 Å². The highest BCUT2D eigenvalue weighted by atomic mass is 32.2. The highest BCUT2D eigenvalue weighted by Crippen LogP contribution is 2.44. The number of hydrogen-bond donors (Lipinski definition) is 0. The first kappa shape index (κ1) is 17.3. The summed E-state index contributed by atoms with van der Waals surface area (Å²) in [5.41, 5.74) is 0.191. The van der Waals surface area contributed by atoms with Gasteiger partial charge in [-0.2, -0.15) is 0 Å². The van der Waals surface area contributed by atoms with Crippen LogP contribution in [-0.2, 0) is 19.5 Å². The molecule has 0 unspecified atom stereocenters. The molecule has 0 amide bonds. The molecule has 0 aromatic carbocycles. The molecule has 0 aromatic heterocycles. The molecule has 2 heterocycles. The van der Waals surface area contributed by atoms with E-state index in [0.717, 1.165) is 51.2 Å². The zero-order valence-corrected chi connectivity index (χ0v) is 15.4. The Labute approximate surface area is 146 Å². The van der Waals surface area contributed by atoms with Crippen LogP contribution in [0.25, 0.3) is 0 Å². The predicted octanol–water partition coefficient (Wildman–Crippen LogP) is 2.56. The van der Waals surface area contributed by atoms with Gasteiger partial charge in [-0.25, -0.2) is 12.7 Å². The first-order valence-corrected chi connectivity index (χ1v) is 11.3. The summed E-state index contributed by atoms with van der Waals surface area (Å²) in [5.74, 6) is 0.760. The minimum Gasteiger partial charge on any atom is -0.378 e. The molecular weight excluding hydrogens is 326 g/mol. The van der Waals surface area contributed by atoms with Crippen molar-refractivity contribution in [2.45, 2.75) is 69.1 Å². The molecule has 1 spiro atoms. The number of piperidine rings is 1. The molecule has 0 aromatic rings. The van der Waals surface area contributed by atoms with E-state index in [1.165, 1.54) is 25.7 Å². The number of ether oxygens (including phenoxy) is 2. The van der Waals surface area contributed by atoms with Gasteiger partial charge >= 0.3 is 0 Å². The van der Waals surface area contributed by atoms with Crippen LogP contribution in [0.2, 0.25) is 0 Å². The maximum absolute atomic E-state index is 12.4. The summed E-state index contributed by atoms with van der Waals surface area (Å²) >= 11 is 0. The van der Waals surface area contributed by atoms with Crippen LogP contribution < -0.4 is 0 Å². The summed E-state index contributed by atoms with van der Waals surface area (Å²) < 4.78 is 38.4. The van der Waals surface area contributed by atoms with E-state index in [0.29, 0.717) is 19.7 Å². The molecular formula is C18H31NO4S. The molecule has 5 nitrogen and oxygen atoms in total. The van der Waals surface area contributed by atoms with E-state index in [2.05, 4.69) is 0 Å². The number of nitrogens with zero attached hydrogens (tertiary/aromatic N) is 1. The van der Waals surface area contributed by atoms with Gasteiger partial charge in [0.05, 0.1) is 24.6 Å². The molecule has 2 aliphatic carbocycles. The van der Waals surface area contributed by atoms with Crippen molar-refractivity contribution in [1.29, 1.82) is 0 Å². The van der Waals surface area contributed by atoms with Crippen molar-refractivity contribution in [1.82, 2.24) is 4.31 Å². The van der Waals surface area contributed by atoms with Crippen LogP contribution in [0.15, 0.2) is 0 Å². The lowest BCUT2D eigenvalue weighted by molar-refractivity contribution is 0.00322. The summed E-state index contributed by atoms with van der Waals surface area (Å²) in [5, 5.41) is -0.0805. The molecule has 1 atom stereocenters. The molecule has 4 fully saturated rings. The van der Waals surface area contributed by atoms with Crippen molar-refractivity contribution in [3.05, 3.63) is 0 Å². The van der Waals surface area contributed by atoms with Gasteiger partial charge in [-0.3, -0.25) is 0 Å². The Morgan fingerprint density at radius 1 is 1.04 bits per heavy atom. The van der Waals surface area contributed by atoms with Crippen molar-refractivity contribution >= 4 is 10.0 Å². The average Bonchev–Trinajstić information content (AvgIpc) is 3.20. The number of hydrogen-bond acceptors (Lipinski definition) is 4. The van der Waals surface area contributed by atoms with Crippen LogP contribution in [-0.4, -0.2) is 57.0 Å². The molecule has 2 saturated carbocycles. The fraction of sp³-hybridized carbons (Fsp3) is 1.00. The molecule has 2 aliphatic heterocycles. The summed E-state index contributed by atoms with van der Waals surface area (Å²) in [6.45, 7) is 3.74. The molecule has 0 radical (unpaired) electrons. The Hall–Kier alpha value is -0.170. The fourth-order valence-electron chi connectivity index (χ4n) is 4.69. The zero-order valence-electron chi connectivity index (χ0n) is 14.6. The summed E-state index contributed by atoms with van der Waals surface area (Å²) in [7, 11) is -3.00. The Bertz CT molecular complexity index is 531. The van der Waals surface area contributed by atoms with Gasteiger partial charge in [0.2, 0.25) is 10.0 Å². The molecule has 0 N–H and O–H groups in total. The SMILES string of the molecule is O=S(=O)(C1CC1)N1CCC2(CC1)CO[C@H](COCC1CCCC1)C2. The van der Waals surface area contributed by atoms with Crippen molar-refractivity contribution in [3.8, 4) is 0 Å². The first-order chi connectivity index (χ1) is 11.6. The summed E-state index contributed by atoms with van der Waals surface area (Å²) in [6, 6.07) is 0. The van der Waals surface area contributed by atoms with Gasteiger partial charge in [-0.05, 0) is 56.3 Å². The van der Waals surface area contributed by atoms with Gasteiger partial charge < -0.3 is 9.47 Å². The number of sulfonamides is 1. The molecule has 24 heavy (non-hydrogen) atoms. The monoisotopic (exact) mass is 357 g/mol. The average molecular weight is 358 g/mol. The Balaban J connectivity index is 1.21. The quantitative estimate of drug-likeness (QED) is 0.733. The van der Waals surface area contributed by atoms with Crippen LogP contribution in [0.1, 0.15) is 57.8 Å². The van der Waals surface area contributed by atoms with Crippen LogP contribution in [0.3, 0.4) is 0 Å². The van der Waals surface area contributed by atoms with E-state index in [1.54, 1.807) is 4.31 Å².